The minimum Gasteiger partial charge on any atom is -0.380 e. The Morgan fingerprint density at radius 3 is 2.24 bits per heavy atom. The first-order chi connectivity index (χ1) is 8.00. The third-order valence-corrected chi connectivity index (χ3v) is 3.11. The summed E-state index contributed by atoms with van der Waals surface area (Å²) in [6, 6.07) is 4.18. The van der Waals surface area contributed by atoms with E-state index < -0.39 is 6.10 Å². The first kappa shape index (κ1) is 11.9. The number of hydrogen-bond donors (Lipinski definition) is 1. The highest BCUT2D eigenvalue weighted by Crippen LogP contribution is 2.27. The van der Waals surface area contributed by atoms with Gasteiger partial charge in [0.05, 0.1) is 0 Å². The van der Waals surface area contributed by atoms with Crippen molar-refractivity contribution in [2.75, 3.05) is 0 Å². The third-order valence-electron chi connectivity index (χ3n) is 3.11. The minimum absolute atomic E-state index is 0.657. The molecule has 0 aliphatic rings. The number of benzene rings is 1. The van der Waals surface area contributed by atoms with E-state index in [-0.39, 0.29) is 0 Å². The second kappa shape index (κ2) is 4.34. The van der Waals surface area contributed by atoms with E-state index >= 15 is 0 Å². The Morgan fingerprint density at radius 1 is 1.18 bits per heavy atom. The normalized spacial score (nSPS) is 12.8. The summed E-state index contributed by atoms with van der Waals surface area (Å²) in [5.74, 6) is 0.681. The molecule has 0 saturated carbocycles. The second-order valence-electron chi connectivity index (χ2n) is 4.61. The van der Waals surface area contributed by atoms with E-state index in [1.54, 1.807) is 6.20 Å². The van der Waals surface area contributed by atoms with E-state index in [9.17, 15) is 5.11 Å². The summed E-state index contributed by atoms with van der Waals surface area (Å²) in [4.78, 5) is 4.21. The first-order valence-corrected chi connectivity index (χ1v) is 5.73. The quantitative estimate of drug-likeness (QED) is 0.860. The maximum atomic E-state index is 10.4. The summed E-state index contributed by atoms with van der Waals surface area (Å²) in [5, 5.41) is 10.4. The smallest absolute Gasteiger partial charge is 0.142 e. The lowest BCUT2D eigenvalue weighted by Gasteiger charge is -2.17. The molecule has 2 aromatic rings. The van der Waals surface area contributed by atoms with Crippen LogP contribution in [0.4, 0.5) is 0 Å². The molecule has 0 saturated heterocycles. The van der Waals surface area contributed by atoms with Crippen LogP contribution >= 0.6 is 0 Å². The summed E-state index contributed by atoms with van der Waals surface area (Å²) in [7, 11) is 1.89. The second-order valence-corrected chi connectivity index (χ2v) is 4.61. The number of hydrogen-bond acceptors (Lipinski definition) is 2. The highest BCUT2D eigenvalue weighted by Gasteiger charge is 2.19. The first-order valence-electron chi connectivity index (χ1n) is 5.73. The maximum Gasteiger partial charge on any atom is 0.142 e. The molecule has 1 aromatic heterocycles. The molecule has 0 aliphatic heterocycles. The third kappa shape index (κ3) is 2.11. The van der Waals surface area contributed by atoms with Crippen LogP contribution in [0, 0.1) is 20.8 Å². The van der Waals surface area contributed by atoms with E-state index in [0.717, 1.165) is 16.7 Å². The molecule has 0 fully saturated rings. The molecule has 0 spiro atoms. The molecular weight excluding hydrogens is 212 g/mol. The molecule has 0 bridgehead atoms. The summed E-state index contributed by atoms with van der Waals surface area (Å²) in [6.45, 7) is 6.12. The van der Waals surface area contributed by atoms with Gasteiger partial charge in [-0.3, -0.25) is 0 Å². The predicted octanol–water partition coefficient (Wildman–Crippen LogP) is 2.43. The molecule has 90 valence electrons. The van der Waals surface area contributed by atoms with Crippen molar-refractivity contribution in [1.82, 2.24) is 9.55 Å². The van der Waals surface area contributed by atoms with Gasteiger partial charge in [-0.15, -0.1) is 0 Å². The summed E-state index contributed by atoms with van der Waals surface area (Å²) in [6.07, 6.45) is 2.89. The van der Waals surface area contributed by atoms with Gasteiger partial charge in [0, 0.05) is 19.4 Å². The number of aromatic nitrogens is 2. The SMILES string of the molecule is Cc1cc(C)c(C(O)c2nccn2C)c(C)c1. The fourth-order valence-corrected chi connectivity index (χ4v) is 2.39. The number of aryl methyl sites for hydroxylation is 4. The van der Waals surface area contributed by atoms with Gasteiger partial charge in [0.1, 0.15) is 11.9 Å². The Labute approximate surface area is 102 Å². The topological polar surface area (TPSA) is 38.1 Å². The summed E-state index contributed by atoms with van der Waals surface area (Å²) >= 11 is 0. The fraction of sp³-hybridized carbons (Fsp3) is 0.357. The van der Waals surface area contributed by atoms with Gasteiger partial charge in [0.2, 0.25) is 0 Å². The Balaban J connectivity index is 2.51. The summed E-state index contributed by atoms with van der Waals surface area (Å²) in [5.41, 5.74) is 4.40. The van der Waals surface area contributed by atoms with Crippen LogP contribution in [-0.4, -0.2) is 14.7 Å². The van der Waals surface area contributed by atoms with Crippen LogP contribution in [0.25, 0.3) is 0 Å². The summed E-state index contributed by atoms with van der Waals surface area (Å²) < 4.78 is 1.85. The molecule has 1 heterocycles. The highest BCUT2D eigenvalue weighted by atomic mass is 16.3. The van der Waals surface area contributed by atoms with Gasteiger partial charge in [-0.1, -0.05) is 17.7 Å². The van der Waals surface area contributed by atoms with Crippen LogP contribution in [0.15, 0.2) is 24.5 Å². The van der Waals surface area contributed by atoms with Crippen molar-refractivity contribution in [3.8, 4) is 0 Å². The van der Waals surface area contributed by atoms with Crippen LogP contribution in [0.5, 0.6) is 0 Å². The van der Waals surface area contributed by atoms with Gasteiger partial charge in [-0.25, -0.2) is 4.98 Å². The Morgan fingerprint density at radius 2 is 1.76 bits per heavy atom. The number of nitrogens with zero attached hydrogens (tertiary/aromatic N) is 2. The molecule has 1 unspecified atom stereocenters. The van der Waals surface area contributed by atoms with Gasteiger partial charge in [0.25, 0.3) is 0 Å². The van der Waals surface area contributed by atoms with E-state index in [1.165, 1.54) is 5.56 Å². The molecule has 0 amide bonds. The van der Waals surface area contributed by atoms with Crippen LogP contribution in [-0.2, 0) is 7.05 Å². The van der Waals surface area contributed by atoms with E-state index in [2.05, 4.69) is 24.0 Å². The van der Waals surface area contributed by atoms with Crippen LogP contribution in [0.2, 0.25) is 0 Å². The van der Waals surface area contributed by atoms with Crippen molar-refractivity contribution in [3.05, 3.63) is 52.6 Å². The Hall–Kier alpha value is -1.61. The van der Waals surface area contributed by atoms with Crippen molar-refractivity contribution in [2.24, 2.45) is 7.05 Å². The standard InChI is InChI=1S/C14H18N2O/c1-9-7-10(2)12(11(3)8-9)13(17)14-15-5-6-16(14)4/h5-8,13,17H,1-4H3. The average Bonchev–Trinajstić information content (AvgIpc) is 2.62. The lowest BCUT2D eigenvalue weighted by Crippen LogP contribution is -2.10. The molecule has 3 nitrogen and oxygen atoms in total. The van der Waals surface area contributed by atoms with Crippen molar-refractivity contribution < 1.29 is 5.11 Å². The van der Waals surface area contributed by atoms with E-state index in [0.29, 0.717) is 5.82 Å². The van der Waals surface area contributed by atoms with Crippen molar-refractivity contribution in [3.63, 3.8) is 0 Å². The number of aliphatic hydroxyl groups excluding tert-OH is 1. The molecule has 17 heavy (non-hydrogen) atoms. The molecular formula is C14H18N2O. The molecule has 2 rings (SSSR count). The largest absolute Gasteiger partial charge is 0.380 e. The van der Waals surface area contributed by atoms with Crippen LogP contribution in [0.3, 0.4) is 0 Å². The van der Waals surface area contributed by atoms with E-state index in [1.807, 2.05) is 31.7 Å². The van der Waals surface area contributed by atoms with Crippen molar-refractivity contribution in [2.45, 2.75) is 26.9 Å². The Bertz CT molecular complexity index is 520. The van der Waals surface area contributed by atoms with Gasteiger partial charge in [0.15, 0.2) is 0 Å². The molecule has 0 aliphatic carbocycles. The highest BCUT2D eigenvalue weighted by molar-refractivity contribution is 5.41. The number of aliphatic hydroxyl groups is 1. The average molecular weight is 230 g/mol. The van der Waals surface area contributed by atoms with Crippen molar-refractivity contribution >= 4 is 0 Å². The van der Waals surface area contributed by atoms with Gasteiger partial charge in [-0.2, -0.15) is 0 Å². The molecule has 0 radical (unpaired) electrons. The number of imidazole rings is 1. The monoisotopic (exact) mass is 230 g/mol. The van der Waals surface area contributed by atoms with Gasteiger partial charge >= 0.3 is 0 Å². The van der Waals surface area contributed by atoms with E-state index in [4.69, 9.17) is 0 Å². The molecule has 1 aromatic carbocycles. The van der Waals surface area contributed by atoms with Crippen molar-refractivity contribution in [1.29, 1.82) is 0 Å². The Kier molecular flexibility index (Phi) is 3.03. The van der Waals surface area contributed by atoms with Gasteiger partial charge in [-0.05, 0) is 37.5 Å². The fourth-order valence-electron chi connectivity index (χ4n) is 2.39. The van der Waals surface area contributed by atoms with Gasteiger partial charge < -0.3 is 9.67 Å². The zero-order valence-corrected chi connectivity index (χ0v) is 10.7. The molecule has 1 N–H and O–H groups in total. The zero-order valence-electron chi connectivity index (χ0n) is 10.7. The lowest BCUT2D eigenvalue weighted by molar-refractivity contribution is 0.204. The van der Waals surface area contributed by atoms with Crippen LogP contribution < -0.4 is 0 Å². The van der Waals surface area contributed by atoms with Crippen LogP contribution in [0.1, 0.15) is 34.2 Å². The zero-order chi connectivity index (χ0) is 12.6. The maximum absolute atomic E-state index is 10.4. The number of rotatable bonds is 2. The predicted molar refractivity (Wildman–Crippen MR) is 67.9 cm³/mol. The molecule has 3 heteroatoms. The lowest BCUT2D eigenvalue weighted by atomic mass is 9.95. The molecule has 1 atom stereocenters. The minimum atomic E-state index is -0.657.